The number of benzene rings is 2. The Balaban J connectivity index is 1.50. The molecule has 0 spiro atoms. The smallest absolute Gasteiger partial charge is 0.255 e. The number of rotatable bonds is 5. The number of nitrogens with one attached hydrogen (secondary N) is 1. The summed E-state index contributed by atoms with van der Waals surface area (Å²) in [4.78, 5) is 17.2. The van der Waals surface area contributed by atoms with E-state index in [1.54, 1.807) is 31.2 Å². The Labute approximate surface area is 195 Å². The van der Waals surface area contributed by atoms with Gasteiger partial charge in [-0.05, 0) is 62.7 Å². The third-order valence-corrected chi connectivity index (χ3v) is 8.47. The molecule has 0 aliphatic carbocycles. The molecule has 9 heteroatoms. The van der Waals surface area contributed by atoms with Gasteiger partial charge in [-0.1, -0.05) is 12.5 Å². The number of anilines is 2. The number of carbonyl (C=O) groups is 1. The number of hydrogen-bond donors (Lipinski definition) is 1. The number of piperidine rings is 1. The van der Waals surface area contributed by atoms with Crippen molar-refractivity contribution in [1.82, 2.24) is 9.21 Å². The van der Waals surface area contributed by atoms with Gasteiger partial charge in [0, 0.05) is 50.5 Å². The molecule has 0 atom stereocenters. The zero-order valence-electron chi connectivity index (χ0n) is 19.2. The minimum atomic E-state index is -3.63. The minimum absolute atomic E-state index is 0.186. The van der Waals surface area contributed by atoms with Crippen LogP contribution >= 0.6 is 0 Å². The van der Waals surface area contributed by atoms with E-state index < -0.39 is 21.7 Å². The Bertz CT molecular complexity index is 1120. The van der Waals surface area contributed by atoms with Crippen LogP contribution in [0.15, 0.2) is 41.3 Å². The Morgan fingerprint density at radius 1 is 0.939 bits per heavy atom. The van der Waals surface area contributed by atoms with Crippen LogP contribution in [0.2, 0.25) is 0 Å². The molecule has 1 N–H and O–H groups in total. The molecule has 2 fully saturated rings. The lowest BCUT2D eigenvalue weighted by molar-refractivity contribution is 0.102. The lowest BCUT2D eigenvalue weighted by atomic mass is 10.1. The maximum atomic E-state index is 14.8. The topological polar surface area (TPSA) is 73.0 Å². The molecule has 0 radical (unpaired) electrons. The number of halogens is 1. The van der Waals surface area contributed by atoms with Crippen LogP contribution < -0.4 is 10.2 Å². The van der Waals surface area contributed by atoms with Gasteiger partial charge in [0.2, 0.25) is 10.0 Å². The number of sulfonamides is 1. The van der Waals surface area contributed by atoms with Crippen LogP contribution in [0.4, 0.5) is 15.8 Å². The SMILES string of the molecule is Cc1ccc(NC(=O)c2ccc(N3CCN(C)CC3)c(F)c2)cc1S(=O)(=O)N1CCCCC1. The summed E-state index contributed by atoms with van der Waals surface area (Å²) in [6.45, 7) is 5.95. The predicted molar refractivity (Wildman–Crippen MR) is 128 cm³/mol. The van der Waals surface area contributed by atoms with Gasteiger partial charge in [-0.2, -0.15) is 4.31 Å². The molecule has 0 unspecified atom stereocenters. The van der Waals surface area contributed by atoms with Gasteiger partial charge in [0.15, 0.2) is 0 Å². The van der Waals surface area contributed by atoms with Gasteiger partial charge in [-0.25, -0.2) is 12.8 Å². The number of amides is 1. The maximum Gasteiger partial charge on any atom is 0.255 e. The summed E-state index contributed by atoms with van der Waals surface area (Å²) in [5, 5.41) is 2.72. The van der Waals surface area contributed by atoms with Crippen molar-refractivity contribution in [1.29, 1.82) is 0 Å². The third kappa shape index (κ3) is 5.20. The first-order chi connectivity index (χ1) is 15.8. The first-order valence-electron chi connectivity index (χ1n) is 11.4. The summed E-state index contributed by atoms with van der Waals surface area (Å²) in [5.74, 6) is -0.923. The van der Waals surface area contributed by atoms with Gasteiger partial charge >= 0.3 is 0 Å². The van der Waals surface area contributed by atoms with Gasteiger partial charge in [-0.15, -0.1) is 0 Å². The Morgan fingerprint density at radius 2 is 1.64 bits per heavy atom. The standard InChI is InChI=1S/C24H31FN4O3S/c1-18-6-8-20(17-23(18)33(31,32)29-10-4-3-5-11-29)26-24(30)19-7-9-22(21(25)16-19)28-14-12-27(2)13-15-28/h6-9,16-17H,3-5,10-15H2,1-2H3,(H,26,30). The molecule has 4 rings (SSSR count). The van der Waals surface area contributed by atoms with Crippen molar-refractivity contribution in [2.45, 2.75) is 31.1 Å². The Morgan fingerprint density at radius 3 is 2.30 bits per heavy atom. The summed E-state index contributed by atoms with van der Waals surface area (Å²) in [6.07, 6.45) is 2.74. The average molecular weight is 475 g/mol. The minimum Gasteiger partial charge on any atom is -0.367 e. The highest BCUT2D eigenvalue weighted by atomic mass is 32.2. The van der Waals surface area contributed by atoms with E-state index in [9.17, 15) is 17.6 Å². The molecule has 0 bridgehead atoms. The highest BCUT2D eigenvalue weighted by molar-refractivity contribution is 7.89. The summed E-state index contributed by atoms with van der Waals surface area (Å²) < 4.78 is 42.6. The maximum absolute atomic E-state index is 14.8. The number of piperazine rings is 1. The number of hydrogen-bond acceptors (Lipinski definition) is 5. The van der Waals surface area contributed by atoms with Gasteiger partial charge in [0.05, 0.1) is 10.6 Å². The van der Waals surface area contributed by atoms with Crippen LogP contribution in [0, 0.1) is 12.7 Å². The molecule has 2 aromatic carbocycles. The summed E-state index contributed by atoms with van der Waals surface area (Å²) in [6, 6.07) is 9.32. The van der Waals surface area contributed by atoms with Crippen LogP contribution in [-0.4, -0.2) is 69.8 Å². The van der Waals surface area contributed by atoms with Gasteiger partial charge in [-0.3, -0.25) is 4.79 Å². The van der Waals surface area contributed by atoms with Crippen LogP contribution in [0.1, 0.15) is 35.2 Å². The van der Waals surface area contributed by atoms with Crippen molar-refractivity contribution < 1.29 is 17.6 Å². The quantitative estimate of drug-likeness (QED) is 0.720. The van der Waals surface area contributed by atoms with Crippen LogP contribution in [0.5, 0.6) is 0 Å². The van der Waals surface area contributed by atoms with E-state index in [1.165, 1.54) is 16.4 Å². The van der Waals surface area contributed by atoms with Crippen molar-refractivity contribution in [2.24, 2.45) is 0 Å². The molecule has 1 amide bonds. The molecule has 33 heavy (non-hydrogen) atoms. The Kier molecular flexibility index (Phi) is 7.02. The van der Waals surface area contributed by atoms with Crippen molar-refractivity contribution in [3.05, 3.63) is 53.3 Å². The third-order valence-electron chi connectivity index (χ3n) is 6.43. The fourth-order valence-corrected chi connectivity index (χ4v) is 6.12. The van der Waals surface area contributed by atoms with Crippen molar-refractivity contribution in [3.63, 3.8) is 0 Å². The van der Waals surface area contributed by atoms with Crippen molar-refractivity contribution in [3.8, 4) is 0 Å². The fraction of sp³-hybridized carbons (Fsp3) is 0.458. The molecule has 0 aromatic heterocycles. The second kappa shape index (κ2) is 9.79. The first-order valence-corrected chi connectivity index (χ1v) is 12.8. The molecule has 178 valence electrons. The number of aryl methyl sites for hydroxylation is 1. The molecule has 0 saturated carbocycles. The lowest BCUT2D eigenvalue weighted by Crippen LogP contribution is -2.44. The predicted octanol–water partition coefficient (Wildman–Crippen LogP) is 3.31. The van der Waals surface area contributed by atoms with E-state index >= 15 is 0 Å². The summed E-state index contributed by atoms with van der Waals surface area (Å²) in [7, 11) is -1.59. The van der Waals surface area contributed by atoms with Crippen LogP contribution in [0.3, 0.4) is 0 Å². The number of likely N-dealkylation sites (N-methyl/N-ethyl adjacent to an activating group) is 1. The zero-order valence-corrected chi connectivity index (χ0v) is 20.0. The van der Waals surface area contributed by atoms with E-state index in [0.29, 0.717) is 30.0 Å². The van der Waals surface area contributed by atoms with E-state index in [-0.39, 0.29) is 10.5 Å². The molecule has 2 aromatic rings. The number of carbonyl (C=O) groups excluding carboxylic acids is 1. The molecule has 2 saturated heterocycles. The van der Waals surface area contributed by atoms with Crippen LogP contribution in [0.25, 0.3) is 0 Å². The highest BCUT2D eigenvalue weighted by Crippen LogP contribution is 2.27. The molecule has 2 aliphatic rings. The largest absolute Gasteiger partial charge is 0.367 e. The second-order valence-electron chi connectivity index (χ2n) is 8.86. The van der Waals surface area contributed by atoms with E-state index in [0.717, 1.165) is 45.4 Å². The molecule has 7 nitrogen and oxygen atoms in total. The molecule has 2 heterocycles. The molecule has 2 aliphatic heterocycles. The second-order valence-corrected chi connectivity index (χ2v) is 10.8. The van der Waals surface area contributed by atoms with Gasteiger partial charge in [0.1, 0.15) is 5.82 Å². The monoisotopic (exact) mass is 474 g/mol. The summed E-state index contributed by atoms with van der Waals surface area (Å²) in [5.41, 5.74) is 1.67. The van der Waals surface area contributed by atoms with E-state index in [1.807, 2.05) is 11.9 Å². The van der Waals surface area contributed by atoms with Gasteiger partial charge < -0.3 is 15.1 Å². The number of nitrogens with zero attached hydrogens (tertiary/aromatic N) is 3. The van der Waals surface area contributed by atoms with Crippen molar-refractivity contribution in [2.75, 3.05) is 56.5 Å². The average Bonchev–Trinajstić information content (AvgIpc) is 2.81. The Hall–Kier alpha value is -2.49. The zero-order chi connectivity index (χ0) is 23.6. The molecular weight excluding hydrogens is 443 g/mol. The van der Waals surface area contributed by atoms with E-state index in [2.05, 4.69) is 10.2 Å². The van der Waals surface area contributed by atoms with Gasteiger partial charge in [0.25, 0.3) is 5.91 Å². The van der Waals surface area contributed by atoms with Crippen LogP contribution in [-0.2, 0) is 10.0 Å². The summed E-state index contributed by atoms with van der Waals surface area (Å²) >= 11 is 0. The normalized spacial score (nSPS) is 18.3. The highest BCUT2D eigenvalue weighted by Gasteiger charge is 2.28. The fourth-order valence-electron chi connectivity index (χ4n) is 4.36. The van der Waals surface area contributed by atoms with E-state index in [4.69, 9.17) is 0 Å². The van der Waals surface area contributed by atoms with Crippen molar-refractivity contribution >= 4 is 27.3 Å². The lowest BCUT2D eigenvalue weighted by Gasteiger charge is -2.34. The first kappa shape index (κ1) is 23.7. The molecular formula is C24H31FN4O3S.